The molecule has 6 heteroatoms. The average molecular weight is 244 g/mol. The van der Waals surface area contributed by atoms with Gasteiger partial charge in [0, 0.05) is 0 Å². The van der Waals surface area contributed by atoms with Crippen LogP contribution in [0.1, 0.15) is 37.5 Å². The lowest BCUT2D eigenvalue weighted by molar-refractivity contribution is 0.102. The predicted octanol–water partition coefficient (Wildman–Crippen LogP) is 2.10. The fourth-order valence-electron chi connectivity index (χ4n) is 2.40. The third-order valence-corrected chi connectivity index (χ3v) is 3.38. The Morgan fingerprint density at radius 2 is 2.31 bits per heavy atom. The minimum Gasteiger partial charge on any atom is -0.406 e. The molecule has 2 aliphatic rings. The van der Waals surface area contributed by atoms with Crippen molar-refractivity contribution in [3.63, 3.8) is 0 Å². The molecule has 16 heavy (non-hydrogen) atoms. The van der Waals surface area contributed by atoms with Gasteiger partial charge in [-0.15, -0.1) is 16.7 Å². The predicted molar refractivity (Wildman–Crippen MR) is 58.5 cm³/mol. The standard InChI is InChI=1S/C10H14ClN3O2/c1-5(11)9-13-14-10(16-9)12-7-4-6-2-3-8(7)15-6/h5-8H,2-4H2,1H3,(H,12,14). The molecule has 2 bridgehead atoms. The van der Waals surface area contributed by atoms with Gasteiger partial charge in [0.25, 0.3) is 0 Å². The first kappa shape index (κ1) is 10.4. The number of halogens is 1. The van der Waals surface area contributed by atoms with Crippen LogP contribution in [0.5, 0.6) is 0 Å². The van der Waals surface area contributed by atoms with Crippen LogP contribution in [0, 0.1) is 0 Å². The number of ether oxygens (including phenoxy) is 1. The van der Waals surface area contributed by atoms with Crippen molar-refractivity contribution >= 4 is 17.6 Å². The number of fused-ring (bicyclic) bond motifs is 2. The highest BCUT2D eigenvalue weighted by atomic mass is 35.5. The first-order valence-electron chi connectivity index (χ1n) is 5.62. The van der Waals surface area contributed by atoms with Crippen LogP contribution in [0.4, 0.5) is 6.01 Å². The van der Waals surface area contributed by atoms with Crippen LogP contribution in [-0.4, -0.2) is 28.4 Å². The van der Waals surface area contributed by atoms with E-state index in [1.54, 1.807) is 6.92 Å². The van der Waals surface area contributed by atoms with Crippen molar-refractivity contribution in [2.24, 2.45) is 0 Å². The van der Waals surface area contributed by atoms with E-state index in [0.717, 1.165) is 12.8 Å². The van der Waals surface area contributed by atoms with Crippen molar-refractivity contribution in [2.45, 2.75) is 49.8 Å². The maximum absolute atomic E-state index is 5.85. The molecular formula is C10H14ClN3O2. The highest BCUT2D eigenvalue weighted by Gasteiger charge is 2.41. The minimum absolute atomic E-state index is 0.251. The van der Waals surface area contributed by atoms with Crippen molar-refractivity contribution in [2.75, 3.05) is 5.32 Å². The number of hydrogen-bond acceptors (Lipinski definition) is 5. The lowest BCUT2D eigenvalue weighted by atomic mass is 9.96. The van der Waals surface area contributed by atoms with Crippen molar-refractivity contribution in [3.05, 3.63) is 5.89 Å². The highest BCUT2D eigenvalue weighted by molar-refractivity contribution is 6.20. The van der Waals surface area contributed by atoms with Gasteiger partial charge < -0.3 is 14.5 Å². The van der Waals surface area contributed by atoms with Crippen LogP contribution in [0.15, 0.2) is 4.42 Å². The molecule has 0 aliphatic carbocycles. The van der Waals surface area contributed by atoms with Crippen molar-refractivity contribution in [1.82, 2.24) is 10.2 Å². The molecule has 3 rings (SSSR count). The zero-order chi connectivity index (χ0) is 11.1. The maximum Gasteiger partial charge on any atom is 0.315 e. The van der Waals surface area contributed by atoms with E-state index in [1.165, 1.54) is 6.42 Å². The molecule has 0 radical (unpaired) electrons. The Bertz CT molecular complexity index is 382. The van der Waals surface area contributed by atoms with Gasteiger partial charge in [0.05, 0.1) is 18.2 Å². The molecule has 88 valence electrons. The van der Waals surface area contributed by atoms with Crippen LogP contribution in [0.25, 0.3) is 0 Å². The van der Waals surface area contributed by atoms with Crippen molar-refractivity contribution in [1.29, 1.82) is 0 Å². The topological polar surface area (TPSA) is 60.2 Å². The van der Waals surface area contributed by atoms with E-state index in [9.17, 15) is 0 Å². The number of aromatic nitrogens is 2. The second kappa shape index (κ2) is 3.89. The van der Waals surface area contributed by atoms with E-state index in [1.807, 2.05) is 0 Å². The number of nitrogens with one attached hydrogen (secondary N) is 1. The average Bonchev–Trinajstić information content (AvgIpc) is 2.91. The SMILES string of the molecule is CC(Cl)c1nnc(NC2CC3CCC2O3)o1. The number of alkyl halides is 1. The fourth-order valence-corrected chi connectivity index (χ4v) is 2.49. The van der Waals surface area contributed by atoms with Crippen LogP contribution < -0.4 is 5.32 Å². The fraction of sp³-hybridized carbons (Fsp3) is 0.800. The van der Waals surface area contributed by atoms with E-state index in [4.69, 9.17) is 20.8 Å². The van der Waals surface area contributed by atoms with E-state index in [0.29, 0.717) is 30.2 Å². The summed E-state index contributed by atoms with van der Waals surface area (Å²) in [4.78, 5) is 0. The molecule has 5 nitrogen and oxygen atoms in total. The molecule has 0 saturated carbocycles. The summed E-state index contributed by atoms with van der Waals surface area (Å²) in [7, 11) is 0. The summed E-state index contributed by atoms with van der Waals surface area (Å²) in [5.74, 6) is 0.452. The Morgan fingerprint density at radius 1 is 1.44 bits per heavy atom. The summed E-state index contributed by atoms with van der Waals surface area (Å²) in [6, 6.07) is 0.751. The summed E-state index contributed by atoms with van der Waals surface area (Å²) >= 11 is 5.85. The van der Waals surface area contributed by atoms with Gasteiger partial charge in [0.15, 0.2) is 0 Å². The molecule has 1 N–H and O–H groups in total. The third-order valence-electron chi connectivity index (χ3n) is 3.20. The normalized spacial score (nSPS) is 34.2. The lowest BCUT2D eigenvalue weighted by Gasteiger charge is -2.18. The molecule has 1 aromatic heterocycles. The largest absolute Gasteiger partial charge is 0.406 e. The quantitative estimate of drug-likeness (QED) is 0.824. The van der Waals surface area contributed by atoms with Crippen molar-refractivity contribution < 1.29 is 9.15 Å². The van der Waals surface area contributed by atoms with E-state index >= 15 is 0 Å². The molecule has 0 spiro atoms. The van der Waals surface area contributed by atoms with Gasteiger partial charge >= 0.3 is 6.01 Å². The first-order chi connectivity index (χ1) is 7.72. The van der Waals surface area contributed by atoms with Gasteiger partial charge in [-0.3, -0.25) is 0 Å². The molecule has 0 aromatic carbocycles. The zero-order valence-corrected chi connectivity index (χ0v) is 9.78. The number of nitrogens with zero attached hydrogens (tertiary/aromatic N) is 2. The number of hydrogen-bond donors (Lipinski definition) is 1. The summed E-state index contributed by atoms with van der Waals surface area (Å²) in [6.07, 6.45) is 4.04. The Balaban J connectivity index is 1.65. The molecule has 2 saturated heterocycles. The maximum atomic E-state index is 5.85. The Hall–Kier alpha value is -0.810. The van der Waals surface area contributed by atoms with Crippen LogP contribution in [0.2, 0.25) is 0 Å². The molecule has 4 unspecified atom stereocenters. The summed E-state index contributed by atoms with van der Waals surface area (Å²) in [6.45, 7) is 1.81. The van der Waals surface area contributed by atoms with Gasteiger partial charge in [-0.05, 0) is 26.2 Å². The van der Waals surface area contributed by atoms with Gasteiger partial charge in [-0.25, -0.2) is 0 Å². The Kier molecular flexibility index (Phi) is 2.52. The monoisotopic (exact) mass is 243 g/mol. The second-order valence-electron chi connectivity index (χ2n) is 4.42. The molecular weight excluding hydrogens is 230 g/mol. The molecule has 2 fully saturated rings. The van der Waals surface area contributed by atoms with Gasteiger partial charge in [0.1, 0.15) is 5.38 Å². The zero-order valence-electron chi connectivity index (χ0n) is 9.02. The second-order valence-corrected chi connectivity index (χ2v) is 5.08. The molecule has 1 aromatic rings. The van der Waals surface area contributed by atoms with E-state index < -0.39 is 0 Å². The number of rotatable bonds is 3. The minimum atomic E-state index is -0.251. The Morgan fingerprint density at radius 3 is 2.88 bits per heavy atom. The van der Waals surface area contributed by atoms with E-state index in [-0.39, 0.29) is 5.38 Å². The number of anilines is 1. The highest BCUT2D eigenvalue weighted by Crippen LogP contribution is 2.35. The third kappa shape index (κ3) is 1.78. The van der Waals surface area contributed by atoms with Gasteiger partial charge in [-0.1, -0.05) is 5.10 Å². The summed E-state index contributed by atoms with van der Waals surface area (Å²) in [5, 5.41) is 10.8. The van der Waals surface area contributed by atoms with Crippen LogP contribution in [-0.2, 0) is 4.74 Å². The smallest absolute Gasteiger partial charge is 0.315 e. The molecule has 4 atom stereocenters. The summed E-state index contributed by atoms with van der Waals surface area (Å²) in [5.41, 5.74) is 0. The summed E-state index contributed by atoms with van der Waals surface area (Å²) < 4.78 is 11.1. The van der Waals surface area contributed by atoms with Crippen molar-refractivity contribution in [3.8, 4) is 0 Å². The molecule has 2 aliphatic heterocycles. The van der Waals surface area contributed by atoms with Gasteiger partial charge in [-0.2, -0.15) is 0 Å². The molecule has 3 heterocycles. The lowest BCUT2D eigenvalue weighted by Crippen LogP contribution is -2.30. The van der Waals surface area contributed by atoms with Crippen LogP contribution in [0.3, 0.4) is 0 Å². The van der Waals surface area contributed by atoms with Crippen LogP contribution >= 0.6 is 11.6 Å². The van der Waals surface area contributed by atoms with E-state index in [2.05, 4.69) is 15.5 Å². The Labute approximate surface area is 98.5 Å². The molecule has 0 amide bonds. The first-order valence-corrected chi connectivity index (χ1v) is 6.05. The van der Waals surface area contributed by atoms with Gasteiger partial charge in [0.2, 0.25) is 5.89 Å².